The lowest BCUT2D eigenvalue weighted by atomic mass is 9.97. The second kappa shape index (κ2) is 8.78. The van der Waals surface area contributed by atoms with Crippen LogP contribution in [0.2, 0.25) is 5.02 Å². The zero-order valence-electron chi connectivity index (χ0n) is 17.8. The molecule has 0 amide bonds. The number of aryl methyl sites for hydroxylation is 1. The molecule has 0 radical (unpaired) electrons. The molecule has 1 heterocycles. The largest absolute Gasteiger partial charge is 0.383 e. The third kappa shape index (κ3) is 3.96. The minimum Gasteiger partial charge on any atom is -0.383 e. The molecule has 6 nitrogen and oxygen atoms in total. The Morgan fingerprint density at radius 1 is 1.00 bits per heavy atom. The number of hydrogen-bond donors (Lipinski definition) is 1. The van der Waals surface area contributed by atoms with Gasteiger partial charge in [0.1, 0.15) is 29.0 Å². The monoisotopic (exact) mass is 493 g/mol. The molecule has 0 aliphatic rings. The average Bonchev–Trinajstić information content (AvgIpc) is 3.12. The smallest absolute Gasteiger partial charge is 0.270 e. The van der Waals surface area contributed by atoms with E-state index in [1.165, 1.54) is 48.5 Å². The lowest BCUT2D eigenvalue weighted by Crippen LogP contribution is -2.21. The maximum Gasteiger partial charge on any atom is 0.270 e. The van der Waals surface area contributed by atoms with Gasteiger partial charge in [-0.05, 0) is 61.0 Å². The van der Waals surface area contributed by atoms with Crippen LogP contribution in [-0.2, 0) is 10.0 Å². The van der Waals surface area contributed by atoms with E-state index in [-0.39, 0.29) is 32.8 Å². The van der Waals surface area contributed by atoms with Gasteiger partial charge in [-0.15, -0.1) is 0 Å². The van der Waals surface area contributed by atoms with Crippen molar-refractivity contribution >= 4 is 33.2 Å². The van der Waals surface area contributed by atoms with E-state index in [0.717, 1.165) is 17.7 Å². The number of nitrogens with zero attached hydrogens (tertiary/aromatic N) is 2. The van der Waals surface area contributed by atoms with Crippen LogP contribution in [0.5, 0.6) is 0 Å². The van der Waals surface area contributed by atoms with E-state index in [4.69, 9.17) is 17.3 Å². The zero-order valence-corrected chi connectivity index (χ0v) is 19.4. The molecule has 0 saturated heterocycles. The molecule has 0 bridgehead atoms. The van der Waals surface area contributed by atoms with Crippen molar-refractivity contribution in [1.29, 1.82) is 5.26 Å². The molecule has 170 valence electrons. The van der Waals surface area contributed by atoms with Crippen LogP contribution in [0.3, 0.4) is 0 Å². The maximum atomic E-state index is 13.7. The predicted molar refractivity (Wildman–Crippen MR) is 128 cm³/mol. The lowest BCUT2D eigenvalue weighted by Gasteiger charge is -2.13. The van der Waals surface area contributed by atoms with Crippen LogP contribution in [0, 0.1) is 24.1 Å². The molecule has 0 saturated carbocycles. The van der Waals surface area contributed by atoms with Crippen LogP contribution in [0.25, 0.3) is 11.1 Å². The Kier molecular flexibility index (Phi) is 6.00. The highest BCUT2D eigenvalue weighted by molar-refractivity contribution is 7.90. The molecule has 0 aliphatic heterocycles. The number of nitrogen functional groups attached to an aromatic ring is 1. The highest BCUT2D eigenvalue weighted by Crippen LogP contribution is 2.38. The van der Waals surface area contributed by atoms with Gasteiger partial charge in [0.2, 0.25) is 5.78 Å². The summed E-state index contributed by atoms with van der Waals surface area (Å²) in [5.41, 5.74) is 6.88. The fraction of sp³-hybridized carbons (Fsp3) is 0.0400. The molecule has 34 heavy (non-hydrogen) atoms. The molecule has 9 heteroatoms. The van der Waals surface area contributed by atoms with Crippen molar-refractivity contribution in [2.45, 2.75) is 11.8 Å². The van der Waals surface area contributed by atoms with Gasteiger partial charge in [-0.3, -0.25) is 4.79 Å². The number of nitriles is 1. The molecule has 4 aromatic rings. The molecule has 0 spiro atoms. The molecule has 1 aromatic heterocycles. The van der Waals surface area contributed by atoms with E-state index in [9.17, 15) is 22.9 Å². The standard InChI is InChI=1S/C25H17ClFN3O3S/c1-15-2-12-20(13-3-15)34(32,33)30-23(24(31)17-4-8-18(26)9-5-17)22(21(14-28)25(30)29)16-6-10-19(27)11-7-16/h2-13H,29H2,1H3. The van der Waals surface area contributed by atoms with Crippen molar-refractivity contribution in [3.05, 3.63) is 106 Å². The lowest BCUT2D eigenvalue weighted by molar-refractivity contribution is 0.103. The fourth-order valence-corrected chi connectivity index (χ4v) is 5.17. The summed E-state index contributed by atoms with van der Waals surface area (Å²) in [5.74, 6) is -1.65. The fourth-order valence-electron chi connectivity index (χ4n) is 3.59. The summed E-state index contributed by atoms with van der Waals surface area (Å²) in [6.45, 7) is 1.80. The Morgan fingerprint density at radius 2 is 1.59 bits per heavy atom. The number of nitrogens with two attached hydrogens (primary N) is 1. The topological polar surface area (TPSA) is 106 Å². The minimum absolute atomic E-state index is 0.00404. The number of ketones is 1. The van der Waals surface area contributed by atoms with E-state index >= 15 is 0 Å². The molecule has 3 aromatic carbocycles. The van der Waals surface area contributed by atoms with Crippen LogP contribution in [0.1, 0.15) is 27.2 Å². The zero-order chi connectivity index (χ0) is 24.6. The molecule has 4 rings (SSSR count). The van der Waals surface area contributed by atoms with E-state index in [1.807, 2.05) is 6.07 Å². The van der Waals surface area contributed by atoms with E-state index in [2.05, 4.69) is 0 Å². The first-order chi connectivity index (χ1) is 16.1. The highest BCUT2D eigenvalue weighted by Gasteiger charge is 2.34. The number of hydrogen-bond acceptors (Lipinski definition) is 5. The van der Waals surface area contributed by atoms with Crippen molar-refractivity contribution in [3.8, 4) is 17.2 Å². The van der Waals surface area contributed by atoms with E-state index in [1.54, 1.807) is 19.1 Å². The number of aromatic nitrogens is 1. The number of rotatable bonds is 5. The van der Waals surface area contributed by atoms with Gasteiger partial charge in [0.05, 0.1) is 4.90 Å². The van der Waals surface area contributed by atoms with E-state index in [0.29, 0.717) is 9.00 Å². The Balaban J connectivity index is 2.10. The summed E-state index contributed by atoms with van der Waals surface area (Å²) in [5, 5.41) is 10.3. The van der Waals surface area contributed by atoms with Gasteiger partial charge in [0.25, 0.3) is 10.0 Å². The van der Waals surface area contributed by atoms with Crippen LogP contribution < -0.4 is 5.73 Å². The van der Waals surface area contributed by atoms with Crippen LogP contribution >= 0.6 is 11.6 Å². The Bertz CT molecular complexity index is 1550. The normalized spacial score (nSPS) is 11.2. The SMILES string of the molecule is Cc1ccc(S(=O)(=O)n2c(N)c(C#N)c(-c3ccc(F)cc3)c2C(=O)c2ccc(Cl)cc2)cc1. The summed E-state index contributed by atoms with van der Waals surface area (Å²) >= 11 is 5.94. The first-order valence-electron chi connectivity index (χ1n) is 9.98. The molecule has 2 N–H and O–H groups in total. The second-order valence-corrected chi connectivity index (χ2v) is 9.74. The summed E-state index contributed by atoms with van der Waals surface area (Å²) in [7, 11) is -4.39. The van der Waals surface area contributed by atoms with Crippen LogP contribution in [0.4, 0.5) is 10.2 Å². The van der Waals surface area contributed by atoms with Crippen molar-refractivity contribution in [2.24, 2.45) is 0 Å². The Morgan fingerprint density at radius 3 is 2.15 bits per heavy atom. The first-order valence-corrected chi connectivity index (χ1v) is 11.8. The predicted octanol–water partition coefficient (Wildman–Crippen LogP) is 5.18. The molecule has 0 fully saturated rings. The number of halogens is 2. The van der Waals surface area contributed by atoms with Crippen molar-refractivity contribution in [3.63, 3.8) is 0 Å². The summed E-state index contributed by atoms with van der Waals surface area (Å²) in [6.07, 6.45) is 0. The number of carbonyl (C=O) groups excluding carboxylic acids is 1. The van der Waals surface area contributed by atoms with Gasteiger partial charge in [-0.2, -0.15) is 5.26 Å². The van der Waals surface area contributed by atoms with Gasteiger partial charge in [-0.25, -0.2) is 16.8 Å². The maximum absolute atomic E-state index is 13.7. The molecule has 0 aliphatic carbocycles. The van der Waals surface area contributed by atoms with E-state index < -0.39 is 27.4 Å². The quantitative estimate of drug-likeness (QED) is 0.386. The third-order valence-corrected chi connectivity index (χ3v) is 7.27. The Hall–Kier alpha value is -3.93. The van der Waals surface area contributed by atoms with Crippen molar-refractivity contribution in [2.75, 3.05) is 5.73 Å². The van der Waals surface area contributed by atoms with Crippen LogP contribution in [-0.4, -0.2) is 18.2 Å². The summed E-state index contributed by atoms with van der Waals surface area (Å²) in [6, 6.07) is 18.8. The van der Waals surface area contributed by atoms with Gasteiger partial charge in [0, 0.05) is 16.1 Å². The molecule has 0 unspecified atom stereocenters. The first kappa shape index (κ1) is 23.2. The summed E-state index contributed by atoms with van der Waals surface area (Å²) < 4.78 is 41.7. The van der Waals surface area contributed by atoms with Gasteiger partial charge < -0.3 is 5.73 Å². The minimum atomic E-state index is -4.39. The van der Waals surface area contributed by atoms with Gasteiger partial charge in [0.15, 0.2) is 0 Å². The summed E-state index contributed by atoms with van der Waals surface area (Å²) in [4.78, 5) is 13.6. The number of benzene rings is 3. The van der Waals surface area contributed by atoms with Crippen molar-refractivity contribution in [1.82, 2.24) is 3.97 Å². The third-order valence-electron chi connectivity index (χ3n) is 5.29. The average molecular weight is 494 g/mol. The molecular weight excluding hydrogens is 477 g/mol. The number of carbonyl (C=O) groups is 1. The van der Waals surface area contributed by atoms with Gasteiger partial charge >= 0.3 is 0 Å². The molecular formula is C25H17ClFN3O3S. The number of anilines is 1. The molecule has 0 atom stereocenters. The van der Waals surface area contributed by atoms with Crippen LogP contribution in [0.15, 0.2) is 77.7 Å². The van der Waals surface area contributed by atoms with Gasteiger partial charge in [-0.1, -0.05) is 41.4 Å². The van der Waals surface area contributed by atoms with Crippen molar-refractivity contribution < 1.29 is 17.6 Å². The second-order valence-electron chi connectivity index (χ2n) is 7.52. The Labute approximate surface area is 200 Å². The highest BCUT2D eigenvalue weighted by atomic mass is 35.5.